The first-order valence-corrected chi connectivity index (χ1v) is 9.40. The number of aromatic nitrogens is 1. The predicted molar refractivity (Wildman–Crippen MR) is 108 cm³/mol. The largest absolute Gasteiger partial charge is 0.288 e. The number of carbonyl (C=O) groups is 4. The van der Waals surface area contributed by atoms with Gasteiger partial charge in [0.25, 0.3) is 11.8 Å². The van der Waals surface area contributed by atoms with E-state index in [-0.39, 0.29) is 36.9 Å². The van der Waals surface area contributed by atoms with Crippen LogP contribution in [0.5, 0.6) is 0 Å². The molecule has 0 saturated carbocycles. The van der Waals surface area contributed by atoms with E-state index in [4.69, 9.17) is 0 Å². The number of pyridine rings is 1. The lowest BCUT2D eigenvalue weighted by atomic mass is 10.1. The summed E-state index contributed by atoms with van der Waals surface area (Å²) in [7, 11) is 0. The fraction of sp³-hybridized carbons (Fsp3) is 0.136. The van der Waals surface area contributed by atoms with E-state index >= 15 is 0 Å². The molecule has 4 amide bonds. The topological polar surface area (TPSA) is 108 Å². The Kier molecular flexibility index (Phi) is 5.21. The Morgan fingerprint density at radius 3 is 2.23 bits per heavy atom. The van der Waals surface area contributed by atoms with Crippen LogP contribution in [0.4, 0.5) is 0 Å². The van der Waals surface area contributed by atoms with E-state index in [0.717, 1.165) is 10.9 Å². The van der Waals surface area contributed by atoms with E-state index in [1.165, 1.54) is 4.90 Å². The van der Waals surface area contributed by atoms with Gasteiger partial charge in [-0.1, -0.05) is 36.4 Å². The van der Waals surface area contributed by atoms with Crippen LogP contribution in [0.15, 0.2) is 60.7 Å². The summed E-state index contributed by atoms with van der Waals surface area (Å²) in [6, 6.07) is 17.2. The molecule has 3 aromatic rings. The van der Waals surface area contributed by atoms with Gasteiger partial charge in [0.2, 0.25) is 11.8 Å². The van der Waals surface area contributed by atoms with Crippen molar-refractivity contribution in [2.75, 3.05) is 0 Å². The average Bonchev–Trinajstić information content (AvgIpc) is 3.09. The first-order valence-electron chi connectivity index (χ1n) is 9.40. The molecule has 0 unspecified atom stereocenters. The molecule has 0 radical (unpaired) electrons. The van der Waals surface area contributed by atoms with E-state index in [2.05, 4.69) is 15.8 Å². The maximum atomic E-state index is 12.3. The number of imide groups is 1. The van der Waals surface area contributed by atoms with Crippen molar-refractivity contribution < 1.29 is 19.2 Å². The van der Waals surface area contributed by atoms with Gasteiger partial charge in [0.1, 0.15) is 5.69 Å². The molecule has 1 aromatic heterocycles. The third-order valence-corrected chi connectivity index (χ3v) is 4.83. The van der Waals surface area contributed by atoms with Crippen LogP contribution >= 0.6 is 0 Å². The number of fused-ring (bicyclic) bond motifs is 1. The molecule has 8 heteroatoms. The van der Waals surface area contributed by atoms with Crippen LogP contribution in [0, 0.1) is 0 Å². The van der Waals surface area contributed by atoms with Crippen molar-refractivity contribution >= 4 is 34.5 Å². The fourth-order valence-electron chi connectivity index (χ4n) is 3.19. The maximum Gasteiger partial charge on any atom is 0.288 e. The lowest BCUT2D eigenvalue weighted by Crippen LogP contribution is -2.41. The minimum absolute atomic E-state index is 0.184. The van der Waals surface area contributed by atoms with Crippen LogP contribution in [-0.4, -0.2) is 33.5 Å². The molecule has 1 saturated heterocycles. The molecule has 30 heavy (non-hydrogen) atoms. The molecule has 8 nitrogen and oxygen atoms in total. The van der Waals surface area contributed by atoms with Crippen LogP contribution < -0.4 is 10.9 Å². The second kappa shape index (κ2) is 8.12. The Bertz CT molecular complexity index is 1140. The molecule has 1 aliphatic rings. The van der Waals surface area contributed by atoms with Gasteiger partial charge in [0, 0.05) is 23.8 Å². The zero-order chi connectivity index (χ0) is 21.1. The summed E-state index contributed by atoms with van der Waals surface area (Å²) in [6.45, 7) is 0.184. The second-order valence-electron chi connectivity index (χ2n) is 6.87. The SMILES string of the molecule is O=C(NNC(=O)c1ccc2ccccc2n1)c1ccc(CN2C(=O)CCC2=O)cc1. The van der Waals surface area contributed by atoms with Gasteiger partial charge in [-0.2, -0.15) is 0 Å². The van der Waals surface area contributed by atoms with Crippen LogP contribution in [0.1, 0.15) is 39.3 Å². The van der Waals surface area contributed by atoms with Gasteiger partial charge in [0.05, 0.1) is 12.1 Å². The van der Waals surface area contributed by atoms with Crippen molar-refractivity contribution in [3.05, 3.63) is 77.5 Å². The predicted octanol–water partition coefficient (Wildman–Crippen LogP) is 1.96. The first kappa shape index (κ1) is 19.3. The quantitative estimate of drug-likeness (QED) is 0.512. The number of nitrogens with one attached hydrogen (secondary N) is 2. The van der Waals surface area contributed by atoms with Crippen LogP contribution in [0.25, 0.3) is 10.9 Å². The number of hydrazine groups is 1. The Hall–Kier alpha value is -4.07. The Labute approximate surface area is 171 Å². The van der Waals surface area contributed by atoms with E-state index in [1.807, 2.05) is 18.2 Å². The summed E-state index contributed by atoms with van der Waals surface area (Å²) in [6.07, 6.45) is 0.482. The number of hydrogen-bond donors (Lipinski definition) is 2. The standard InChI is InChI=1S/C22H18N4O4/c27-19-11-12-20(28)26(19)13-14-5-7-16(8-6-14)21(29)24-25-22(30)18-10-9-15-3-1-2-4-17(15)23-18/h1-10H,11-13H2,(H,24,29)(H,25,30). The molecular formula is C22H18N4O4. The summed E-state index contributed by atoms with van der Waals surface area (Å²) < 4.78 is 0. The van der Waals surface area contributed by atoms with Gasteiger partial charge < -0.3 is 0 Å². The molecule has 2 heterocycles. The minimum Gasteiger partial charge on any atom is -0.278 e. The highest BCUT2D eigenvalue weighted by molar-refractivity contribution is 6.02. The summed E-state index contributed by atoms with van der Waals surface area (Å²) in [5.74, 6) is -1.40. The molecule has 150 valence electrons. The number of nitrogens with zero attached hydrogens (tertiary/aromatic N) is 2. The Morgan fingerprint density at radius 1 is 0.833 bits per heavy atom. The number of benzene rings is 2. The van der Waals surface area contributed by atoms with Crippen molar-refractivity contribution in [1.29, 1.82) is 0 Å². The number of para-hydroxylation sites is 1. The number of carbonyl (C=O) groups excluding carboxylic acids is 4. The van der Waals surface area contributed by atoms with Crippen molar-refractivity contribution in [2.24, 2.45) is 0 Å². The van der Waals surface area contributed by atoms with Crippen molar-refractivity contribution in [3.63, 3.8) is 0 Å². The zero-order valence-electron chi connectivity index (χ0n) is 15.9. The molecule has 1 fully saturated rings. The summed E-state index contributed by atoms with van der Waals surface area (Å²) in [4.78, 5) is 53.4. The van der Waals surface area contributed by atoms with E-state index in [9.17, 15) is 19.2 Å². The summed E-state index contributed by atoms with van der Waals surface area (Å²) in [5.41, 5.74) is 6.63. The fourth-order valence-corrected chi connectivity index (χ4v) is 3.19. The van der Waals surface area contributed by atoms with E-state index < -0.39 is 11.8 Å². The van der Waals surface area contributed by atoms with Crippen molar-refractivity contribution in [1.82, 2.24) is 20.7 Å². The molecular weight excluding hydrogens is 384 g/mol. The van der Waals surface area contributed by atoms with E-state index in [0.29, 0.717) is 11.1 Å². The van der Waals surface area contributed by atoms with Crippen LogP contribution in [0.2, 0.25) is 0 Å². The van der Waals surface area contributed by atoms with Crippen LogP contribution in [-0.2, 0) is 16.1 Å². The molecule has 0 bridgehead atoms. The molecule has 2 N–H and O–H groups in total. The lowest BCUT2D eigenvalue weighted by Gasteiger charge is -2.14. The maximum absolute atomic E-state index is 12.3. The number of likely N-dealkylation sites (tertiary alicyclic amines) is 1. The number of rotatable bonds is 4. The number of hydrogen-bond acceptors (Lipinski definition) is 5. The van der Waals surface area contributed by atoms with Crippen molar-refractivity contribution in [3.8, 4) is 0 Å². The van der Waals surface area contributed by atoms with E-state index in [1.54, 1.807) is 42.5 Å². The highest BCUT2D eigenvalue weighted by Gasteiger charge is 2.28. The third kappa shape index (κ3) is 4.02. The molecule has 2 aromatic carbocycles. The summed E-state index contributed by atoms with van der Waals surface area (Å²) >= 11 is 0. The highest BCUT2D eigenvalue weighted by Crippen LogP contribution is 2.16. The molecule has 4 rings (SSSR count). The molecule has 0 atom stereocenters. The Morgan fingerprint density at radius 2 is 1.50 bits per heavy atom. The number of amides is 4. The summed E-state index contributed by atoms with van der Waals surface area (Å²) in [5, 5.41) is 0.913. The zero-order valence-corrected chi connectivity index (χ0v) is 15.9. The van der Waals surface area contributed by atoms with Gasteiger partial charge in [0.15, 0.2) is 0 Å². The minimum atomic E-state index is -0.531. The van der Waals surface area contributed by atoms with Gasteiger partial charge in [-0.25, -0.2) is 4.98 Å². The molecule has 0 spiro atoms. The third-order valence-electron chi connectivity index (χ3n) is 4.83. The Balaban J connectivity index is 1.35. The smallest absolute Gasteiger partial charge is 0.278 e. The van der Waals surface area contributed by atoms with Gasteiger partial charge in [-0.15, -0.1) is 0 Å². The van der Waals surface area contributed by atoms with Gasteiger partial charge >= 0.3 is 0 Å². The average molecular weight is 402 g/mol. The highest BCUT2D eigenvalue weighted by atomic mass is 16.2. The second-order valence-corrected chi connectivity index (χ2v) is 6.87. The first-order chi connectivity index (χ1) is 14.5. The normalized spacial score (nSPS) is 13.5. The van der Waals surface area contributed by atoms with Crippen LogP contribution in [0.3, 0.4) is 0 Å². The monoisotopic (exact) mass is 402 g/mol. The van der Waals surface area contributed by atoms with Crippen molar-refractivity contribution in [2.45, 2.75) is 19.4 Å². The lowest BCUT2D eigenvalue weighted by molar-refractivity contribution is -0.139. The van der Waals surface area contributed by atoms with Gasteiger partial charge in [-0.05, 0) is 29.8 Å². The van der Waals surface area contributed by atoms with Gasteiger partial charge in [-0.3, -0.25) is 34.9 Å². The molecule has 1 aliphatic heterocycles. The molecule has 0 aliphatic carbocycles.